The number of ether oxygens (including phenoxy) is 1. The molecule has 1 atom stereocenters. The molecule has 0 bridgehead atoms. The standard InChI is InChI=1S/C27H35NO2/c1-5-6-20-9-13-24(14-10-20)27(30-25(29)26(2,3)4)17-15-23(16-18-27)22-11-7-21(19-28)8-12-22/h7-8,11-12,15-17,20,24H,5-6,9-10,13-14,18H2,1-4H3. The van der Waals surface area contributed by atoms with Gasteiger partial charge in [-0.05, 0) is 68.9 Å². The molecule has 1 saturated carbocycles. The van der Waals surface area contributed by atoms with Gasteiger partial charge < -0.3 is 4.74 Å². The molecule has 2 aliphatic rings. The number of carbonyl (C=O) groups excluding carboxylic acids is 1. The summed E-state index contributed by atoms with van der Waals surface area (Å²) in [5.74, 6) is 1.06. The zero-order valence-electron chi connectivity index (χ0n) is 18.9. The summed E-state index contributed by atoms with van der Waals surface area (Å²) >= 11 is 0. The van der Waals surface area contributed by atoms with E-state index in [0.717, 1.165) is 29.9 Å². The number of esters is 1. The molecule has 0 spiro atoms. The van der Waals surface area contributed by atoms with E-state index < -0.39 is 11.0 Å². The molecule has 0 aliphatic heterocycles. The molecule has 30 heavy (non-hydrogen) atoms. The number of benzene rings is 1. The Balaban J connectivity index is 1.81. The summed E-state index contributed by atoms with van der Waals surface area (Å²) in [7, 11) is 0. The van der Waals surface area contributed by atoms with E-state index in [1.165, 1.54) is 25.7 Å². The van der Waals surface area contributed by atoms with Crippen LogP contribution in [0, 0.1) is 28.6 Å². The predicted octanol–water partition coefficient (Wildman–Crippen LogP) is 6.84. The third-order valence-electron chi connectivity index (χ3n) is 6.66. The number of nitrogens with zero attached hydrogens (tertiary/aromatic N) is 1. The normalized spacial score (nSPS) is 26.6. The first kappa shape index (κ1) is 22.3. The van der Waals surface area contributed by atoms with Crippen LogP contribution in [-0.2, 0) is 9.53 Å². The van der Waals surface area contributed by atoms with Gasteiger partial charge in [-0.25, -0.2) is 0 Å². The van der Waals surface area contributed by atoms with Gasteiger partial charge in [-0.3, -0.25) is 4.79 Å². The zero-order valence-corrected chi connectivity index (χ0v) is 18.9. The van der Waals surface area contributed by atoms with E-state index in [0.29, 0.717) is 17.9 Å². The van der Waals surface area contributed by atoms with E-state index in [2.05, 4.69) is 31.2 Å². The minimum Gasteiger partial charge on any atom is -0.454 e. The Morgan fingerprint density at radius 2 is 1.83 bits per heavy atom. The maximum Gasteiger partial charge on any atom is 0.312 e. The van der Waals surface area contributed by atoms with Crippen molar-refractivity contribution in [1.29, 1.82) is 5.26 Å². The van der Waals surface area contributed by atoms with Crippen LogP contribution in [0.25, 0.3) is 5.57 Å². The van der Waals surface area contributed by atoms with E-state index in [-0.39, 0.29) is 5.97 Å². The number of nitriles is 1. The summed E-state index contributed by atoms with van der Waals surface area (Å²) < 4.78 is 6.29. The Morgan fingerprint density at radius 3 is 2.33 bits per heavy atom. The second-order valence-corrected chi connectivity index (χ2v) is 9.99. The van der Waals surface area contributed by atoms with Gasteiger partial charge in [0.25, 0.3) is 0 Å². The fraction of sp³-hybridized carbons (Fsp3) is 0.556. The van der Waals surface area contributed by atoms with E-state index in [4.69, 9.17) is 10.00 Å². The molecule has 1 aromatic carbocycles. The minimum absolute atomic E-state index is 0.127. The Hall–Kier alpha value is -2.34. The summed E-state index contributed by atoms with van der Waals surface area (Å²) in [5, 5.41) is 9.03. The van der Waals surface area contributed by atoms with Crippen molar-refractivity contribution in [3.8, 4) is 6.07 Å². The lowest BCUT2D eigenvalue weighted by molar-refractivity contribution is -0.171. The van der Waals surface area contributed by atoms with Gasteiger partial charge in [-0.1, -0.05) is 56.9 Å². The molecule has 0 aromatic heterocycles. The fourth-order valence-electron chi connectivity index (χ4n) is 4.72. The molecule has 160 valence electrons. The summed E-state index contributed by atoms with van der Waals surface area (Å²) in [6.45, 7) is 8.03. The second-order valence-electron chi connectivity index (χ2n) is 9.99. The van der Waals surface area contributed by atoms with Crippen molar-refractivity contribution in [3.63, 3.8) is 0 Å². The first-order valence-corrected chi connectivity index (χ1v) is 11.4. The molecule has 1 unspecified atom stereocenters. The van der Waals surface area contributed by atoms with Crippen LogP contribution in [0.4, 0.5) is 0 Å². The maximum atomic E-state index is 12.9. The van der Waals surface area contributed by atoms with Crippen molar-refractivity contribution in [3.05, 3.63) is 53.6 Å². The fourth-order valence-corrected chi connectivity index (χ4v) is 4.72. The molecule has 3 heteroatoms. The van der Waals surface area contributed by atoms with Crippen molar-refractivity contribution >= 4 is 11.5 Å². The molecule has 0 saturated heterocycles. The van der Waals surface area contributed by atoms with Crippen molar-refractivity contribution in [2.45, 2.75) is 78.2 Å². The largest absolute Gasteiger partial charge is 0.454 e. The van der Waals surface area contributed by atoms with Gasteiger partial charge in [-0.15, -0.1) is 0 Å². The van der Waals surface area contributed by atoms with Crippen LogP contribution in [0.3, 0.4) is 0 Å². The van der Waals surface area contributed by atoms with Crippen molar-refractivity contribution in [2.24, 2.45) is 17.3 Å². The van der Waals surface area contributed by atoms with Gasteiger partial charge in [0, 0.05) is 12.3 Å². The van der Waals surface area contributed by atoms with Gasteiger partial charge in [0.2, 0.25) is 0 Å². The molecule has 0 N–H and O–H groups in total. The van der Waals surface area contributed by atoms with E-state index in [9.17, 15) is 4.79 Å². The highest BCUT2D eigenvalue weighted by Crippen LogP contribution is 2.45. The van der Waals surface area contributed by atoms with Gasteiger partial charge in [-0.2, -0.15) is 5.26 Å². The molecule has 3 nitrogen and oxygen atoms in total. The summed E-state index contributed by atoms with van der Waals surface area (Å²) in [6, 6.07) is 9.83. The lowest BCUT2D eigenvalue weighted by atomic mass is 9.69. The summed E-state index contributed by atoms with van der Waals surface area (Å²) in [6.07, 6.45) is 14.4. The summed E-state index contributed by atoms with van der Waals surface area (Å²) in [4.78, 5) is 12.9. The van der Waals surface area contributed by atoms with Gasteiger partial charge in [0.1, 0.15) is 5.60 Å². The van der Waals surface area contributed by atoms with Crippen LogP contribution in [0.2, 0.25) is 0 Å². The van der Waals surface area contributed by atoms with Crippen molar-refractivity contribution in [1.82, 2.24) is 0 Å². The van der Waals surface area contributed by atoms with Gasteiger partial charge in [0.15, 0.2) is 0 Å². The number of allylic oxidation sites excluding steroid dienone is 2. The minimum atomic E-state index is -0.544. The highest BCUT2D eigenvalue weighted by atomic mass is 16.6. The van der Waals surface area contributed by atoms with E-state index in [1.807, 2.05) is 45.0 Å². The SMILES string of the molecule is CCCC1CCC(C2(OC(=O)C(C)(C)C)C=CC(c3ccc(C#N)cc3)=CC2)CC1. The van der Waals surface area contributed by atoms with Crippen molar-refractivity contribution < 1.29 is 9.53 Å². The molecule has 1 aromatic rings. The van der Waals surface area contributed by atoms with Crippen LogP contribution < -0.4 is 0 Å². The number of carbonyl (C=O) groups is 1. The Labute approximate surface area is 181 Å². The lowest BCUT2D eigenvalue weighted by Gasteiger charge is -2.43. The van der Waals surface area contributed by atoms with Gasteiger partial charge in [0.05, 0.1) is 17.0 Å². The average Bonchev–Trinajstić information content (AvgIpc) is 2.74. The Morgan fingerprint density at radius 1 is 1.17 bits per heavy atom. The van der Waals surface area contributed by atoms with E-state index in [1.54, 1.807) is 0 Å². The average molecular weight is 406 g/mol. The number of hydrogen-bond acceptors (Lipinski definition) is 3. The molecule has 0 heterocycles. The third kappa shape index (κ3) is 5.04. The number of hydrogen-bond donors (Lipinski definition) is 0. The first-order chi connectivity index (χ1) is 14.3. The van der Waals surface area contributed by atoms with Crippen LogP contribution in [0.15, 0.2) is 42.5 Å². The summed E-state index contributed by atoms with van der Waals surface area (Å²) in [5.41, 5.74) is 1.82. The molecular weight excluding hydrogens is 370 g/mol. The first-order valence-electron chi connectivity index (χ1n) is 11.4. The van der Waals surface area contributed by atoms with Crippen LogP contribution in [0.1, 0.15) is 83.8 Å². The van der Waals surface area contributed by atoms with Crippen molar-refractivity contribution in [2.75, 3.05) is 0 Å². The monoisotopic (exact) mass is 405 g/mol. The molecular formula is C27H35NO2. The van der Waals surface area contributed by atoms with Crippen LogP contribution >= 0.6 is 0 Å². The third-order valence-corrected chi connectivity index (χ3v) is 6.66. The smallest absolute Gasteiger partial charge is 0.312 e. The topological polar surface area (TPSA) is 50.1 Å². The quantitative estimate of drug-likeness (QED) is 0.504. The predicted molar refractivity (Wildman–Crippen MR) is 122 cm³/mol. The zero-order chi connectivity index (χ0) is 21.8. The lowest BCUT2D eigenvalue weighted by Crippen LogP contribution is -2.45. The van der Waals surface area contributed by atoms with Crippen LogP contribution in [0.5, 0.6) is 0 Å². The Kier molecular flexibility index (Phi) is 6.86. The highest BCUT2D eigenvalue weighted by molar-refractivity contribution is 5.78. The molecule has 2 aliphatic carbocycles. The van der Waals surface area contributed by atoms with Gasteiger partial charge >= 0.3 is 5.97 Å². The maximum absolute atomic E-state index is 12.9. The highest BCUT2D eigenvalue weighted by Gasteiger charge is 2.44. The molecule has 3 rings (SSSR count). The van der Waals surface area contributed by atoms with Crippen LogP contribution in [-0.4, -0.2) is 11.6 Å². The Bertz CT molecular complexity index is 842. The second kappa shape index (κ2) is 9.21. The number of rotatable bonds is 5. The van der Waals surface area contributed by atoms with E-state index >= 15 is 0 Å². The molecule has 1 fully saturated rings. The molecule has 0 amide bonds. The molecule has 0 radical (unpaired) electrons.